The van der Waals surface area contributed by atoms with E-state index < -0.39 is 11.7 Å². The Morgan fingerprint density at radius 2 is 1.62 bits per heavy atom. The minimum absolute atomic E-state index is 0.0359. The second-order valence-electron chi connectivity index (χ2n) is 13.2. The summed E-state index contributed by atoms with van der Waals surface area (Å²) in [6.07, 6.45) is 0.974. The molecular formula is C38H50N2O7. The highest BCUT2D eigenvalue weighted by Gasteiger charge is 2.38. The van der Waals surface area contributed by atoms with Gasteiger partial charge in [-0.1, -0.05) is 42.5 Å². The van der Waals surface area contributed by atoms with Gasteiger partial charge in [-0.15, -0.1) is 0 Å². The number of benzene rings is 3. The molecule has 1 aliphatic rings. The van der Waals surface area contributed by atoms with E-state index in [9.17, 15) is 9.59 Å². The predicted molar refractivity (Wildman–Crippen MR) is 183 cm³/mol. The average molecular weight is 647 g/mol. The van der Waals surface area contributed by atoms with E-state index in [1.807, 2.05) is 75.9 Å². The Labute approximate surface area is 279 Å². The number of likely N-dealkylation sites (tertiary alicyclic amines) is 1. The van der Waals surface area contributed by atoms with E-state index in [-0.39, 0.29) is 23.9 Å². The fourth-order valence-electron chi connectivity index (χ4n) is 5.86. The van der Waals surface area contributed by atoms with Crippen molar-refractivity contribution in [1.82, 2.24) is 9.80 Å². The first-order chi connectivity index (χ1) is 22.5. The maximum absolute atomic E-state index is 14.2. The zero-order chi connectivity index (χ0) is 34.0. The lowest BCUT2D eigenvalue weighted by molar-refractivity contribution is -0.00552. The lowest BCUT2D eigenvalue weighted by Crippen LogP contribution is -2.57. The predicted octanol–water partition coefficient (Wildman–Crippen LogP) is 7.33. The van der Waals surface area contributed by atoms with Gasteiger partial charge >= 0.3 is 6.09 Å². The first-order valence-corrected chi connectivity index (χ1v) is 16.4. The highest BCUT2D eigenvalue weighted by molar-refractivity contribution is 5.95. The Kier molecular flexibility index (Phi) is 12.5. The summed E-state index contributed by atoms with van der Waals surface area (Å²) in [5, 5.41) is 0. The fourth-order valence-corrected chi connectivity index (χ4v) is 5.86. The van der Waals surface area contributed by atoms with E-state index in [4.69, 9.17) is 23.7 Å². The third-order valence-corrected chi connectivity index (χ3v) is 7.94. The number of amides is 2. The third kappa shape index (κ3) is 10.1. The Hall–Kier alpha value is -4.24. The zero-order valence-electron chi connectivity index (χ0n) is 28.9. The molecule has 1 fully saturated rings. The summed E-state index contributed by atoms with van der Waals surface area (Å²) < 4.78 is 28.7. The molecule has 3 aromatic carbocycles. The van der Waals surface area contributed by atoms with Crippen LogP contribution in [0.15, 0.2) is 72.8 Å². The lowest BCUT2D eigenvalue weighted by atomic mass is 9.92. The molecule has 1 saturated heterocycles. The second kappa shape index (κ2) is 16.5. The molecule has 0 N–H and O–H groups in total. The van der Waals surface area contributed by atoms with Gasteiger partial charge in [0.05, 0.1) is 26.4 Å². The molecule has 4 rings (SSSR count). The molecule has 3 aromatic rings. The first kappa shape index (κ1) is 35.6. The van der Waals surface area contributed by atoms with Gasteiger partial charge in [0.2, 0.25) is 0 Å². The number of methoxy groups -OCH3 is 2. The molecule has 254 valence electrons. The molecule has 2 atom stereocenters. The summed E-state index contributed by atoms with van der Waals surface area (Å²) in [5.41, 5.74) is 2.02. The smallest absolute Gasteiger partial charge is 0.410 e. The van der Waals surface area contributed by atoms with Crippen molar-refractivity contribution in [2.24, 2.45) is 5.92 Å². The molecule has 0 radical (unpaired) electrons. The van der Waals surface area contributed by atoms with Crippen LogP contribution >= 0.6 is 0 Å². The Bertz CT molecular complexity index is 1450. The van der Waals surface area contributed by atoms with E-state index in [0.29, 0.717) is 62.8 Å². The zero-order valence-corrected chi connectivity index (χ0v) is 28.9. The number of nitrogens with zero attached hydrogens (tertiary/aromatic N) is 2. The standard InChI is InChI=1S/C38H50N2O7/c1-27(2)40(36(41)31-17-18-34(44-7)35(23-31)45-20-12-19-43-6)32-21-28(24-39(25-32)37(42)47-38(3,4)5)26-46-33-16-11-15-30(22-33)29-13-9-8-10-14-29/h8-11,13-18,22-23,27-28,32H,12,19-21,24-26H2,1-7H3/t28-,32?/m0/s1. The summed E-state index contributed by atoms with van der Waals surface area (Å²) >= 11 is 0. The van der Waals surface area contributed by atoms with Gasteiger partial charge in [0, 0.05) is 50.8 Å². The van der Waals surface area contributed by atoms with Crippen LogP contribution in [0.5, 0.6) is 17.2 Å². The number of hydrogen-bond acceptors (Lipinski definition) is 7. The van der Waals surface area contributed by atoms with Gasteiger partial charge in [0.25, 0.3) is 5.91 Å². The van der Waals surface area contributed by atoms with Gasteiger partial charge in [-0.25, -0.2) is 4.79 Å². The summed E-state index contributed by atoms with van der Waals surface area (Å²) in [6.45, 7) is 11.8. The van der Waals surface area contributed by atoms with E-state index in [1.165, 1.54) is 0 Å². The Morgan fingerprint density at radius 3 is 2.30 bits per heavy atom. The lowest BCUT2D eigenvalue weighted by Gasteiger charge is -2.44. The molecule has 0 aliphatic carbocycles. The maximum Gasteiger partial charge on any atom is 0.410 e. The van der Waals surface area contributed by atoms with Crippen LogP contribution in [0.4, 0.5) is 4.79 Å². The molecule has 9 heteroatoms. The van der Waals surface area contributed by atoms with Gasteiger partial charge in [-0.2, -0.15) is 0 Å². The van der Waals surface area contributed by atoms with Crippen molar-refractivity contribution in [3.8, 4) is 28.4 Å². The molecule has 0 spiro atoms. The number of piperidine rings is 1. The van der Waals surface area contributed by atoms with Crippen molar-refractivity contribution < 1.29 is 33.3 Å². The SMILES string of the molecule is COCCCOc1cc(C(=O)N(C(C)C)C2C[C@H](COc3cccc(-c4ccccc4)c3)CN(C(=O)OC(C)(C)C)C2)ccc1OC. The molecular weight excluding hydrogens is 596 g/mol. The summed E-state index contributed by atoms with van der Waals surface area (Å²) in [5.74, 6) is 1.63. The monoisotopic (exact) mass is 646 g/mol. The maximum atomic E-state index is 14.2. The van der Waals surface area contributed by atoms with Crippen molar-refractivity contribution in [3.63, 3.8) is 0 Å². The minimum Gasteiger partial charge on any atom is -0.493 e. The molecule has 0 bridgehead atoms. The average Bonchev–Trinajstić information content (AvgIpc) is 3.05. The quantitative estimate of drug-likeness (QED) is 0.180. The number of ether oxygens (including phenoxy) is 5. The van der Waals surface area contributed by atoms with Crippen molar-refractivity contribution in [1.29, 1.82) is 0 Å². The van der Waals surface area contributed by atoms with Crippen molar-refractivity contribution in [3.05, 3.63) is 78.4 Å². The molecule has 0 aromatic heterocycles. The van der Waals surface area contributed by atoms with Crippen LogP contribution in [0.3, 0.4) is 0 Å². The molecule has 47 heavy (non-hydrogen) atoms. The van der Waals surface area contributed by atoms with Crippen LogP contribution < -0.4 is 14.2 Å². The van der Waals surface area contributed by atoms with Crippen LogP contribution in [0, 0.1) is 5.92 Å². The molecule has 1 heterocycles. The van der Waals surface area contributed by atoms with E-state index in [1.54, 1.807) is 37.3 Å². The minimum atomic E-state index is -0.649. The Morgan fingerprint density at radius 1 is 0.872 bits per heavy atom. The van der Waals surface area contributed by atoms with Gasteiger partial charge in [0.15, 0.2) is 11.5 Å². The van der Waals surface area contributed by atoms with E-state index in [0.717, 1.165) is 16.9 Å². The molecule has 9 nitrogen and oxygen atoms in total. The Balaban J connectivity index is 1.56. The van der Waals surface area contributed by atoms with E-state index in [2.05, 4.69) is 18.2 Å². The van der Waals surface area contributed by atoms with Crippen LogP contribution in [-0.4, -0.2) is 86.6 Å². The van der Waals surface area contributed by atoms with Crippen LogP contribution in [0.25, 0.3) is 11.1 Å². The fraction of sp³-hybridized carbons (Fsp3) is 0.474. The van der Waals surface area contributed by atoms with Gasteiger partial charge in [-0.3, -0.25) is 4.79 Å². The third-order valence-electron chi connectivity index (χ3n) is 7.94. The number of carbonyl (C=O) groups excluding carboxylic acids is 2. The highest BCUT2D eigenvalue weighted by Crippen LogP contribution is 2.32. The van der Waals surface area contributed by atoms with Crippen molar-refractivity contribution >= 4 is 12.0 Å². The second-order valence-corrected chi connectivity index (χ2v) is 13.2. The molecule has 2 amide bonds. The summed E-state index contributed by atoms with van der Waals surface area (Å²) in [4.78, 5) is 31.2. The highest BCUT2D eigenvalue weighted by atomic mass is 16.6. The van der Waals surface area contributed by atoms with Gasteiger partial charge in [0.1, 0.15) is 11.4 Å². The number of rotatable bonds is 13. The molecule has 1 unspecified atom stereocenters. The summed E-state index contributed by atoms with van der Waals surface area (Å²) in [6, 6.07) is 23.0. The van der Waals surface area contributed by atoms with Crippen molar-refractivity contribution in [2.75, 3.05) is 47.1 Å². The molecule has 1 aliphatic heterocycles. The summed E-state index contributed by atoms with van der Waals surface area (Å²) in [7, 11) is 3.22. The van der Waals surface area contributed by atoms with E-state index >= 15 is 0 Å². The van der Waals surface area contributed by atoms with Gasteiger partial charge in [-0.05, 0) is 82.5 Å². The largest absolute Gasteiger partial charge is 0.493 e. The van der Waals surface area contributed by atoms with Crippen LogP contribution in [0.2, 0.25) is 0 Å². The number of carbonyl (C=O) groups is 2. The topological polar surface area (TPSA) is 86.8 Å². The van der Waals surface area contributed by atoms with Gasteiger partial charge < -0.3 is 33.5 Å². The number of hydrogen-bond donors (Lipinski definition) is 0. The van der Waals surface area contributed by atoms with Crippen LogP contribution in [0.1, 0.15) is 57.8 Å². The van der Waals surface area contributed by atoms with Crippen LogP contribution in [-0.2, 0) is 9.47 Å². The van der Waals surface area contributed by atoms with Crippen molar-refractivity contribution in [2.45, 2.75) is 65.1 Å². The normalized spacial score (nSPS) is 16.5. The first-order valence-electron chi connectivity index (χ1n) is 16.4. The molecule has 0 saturated carbocycles.